The number of para-hydroxylation sites is 1. The Hall–Kier alpha value is -2.50. The molecular formula is C10H6N2O4. The van der Waals surface area contributed by atoms with Crippen molar-refractivity contribution in [3.63, 3.8) is 0 Å². The average molecular weight is 218 g/mol. The van der Waals surface area contributed by atoms with Gasteiger partial charge in [0.05, 0.1) is 17.3 Å². The van der Waals surface area contributed by atoms with E-state index in [4.69, 9.17) is 10.2 Å². The fraction of sp³-hybridized carbons (Fsp3) is 0. The van der Waals surface area contributed by atoms with Crippen LogP contribution in [0.15, 0.2) is 24.4 Å². The van der Waals surface area contributed by atoms with Gasteiger partial charge in [-0.15, -0.1) is 0 Å². The van der Waals surface area contributed by atoms with Crippen LogP contribution >= 0.6 is 0 Å². The number of fused-ring (bicyclic) bond motifs is 1. The minimum absolute atomic E-state index is 0.0619. The smallest absolute Gasteiger partial charge is 0.356 e. The van der Waals surface area contributed by atoms with Gasteiger partial charge in [0.1, 0.15) is 5.52 Å². The number of aromatic nitrogens is 2. The molecule has 0 saturated heterocycles. The third-order valence-corrected chi connectivity index (χ3v) is 2.02. The van der Waals surface area contributed by atoms with Crippen molar-refractivity contribution in [2.45, 2.75) is 0 Å². The van der Waals surface area contributed by atoms with Gasteiger partial charge in [0.15, 0.2) is 5.69 Å². The Kier molecular flexibility index (Phi) is 2.24. The molecule has 0 fully saturated rings. The molecule has 2 N–H and O–H groups in total. The number of rotatable bonds is 2. The number of benzene rings is 1. The standard InChI is InChI=1S/C10H6N2O4/c13-9(14)5-2-1-3-6-8(5)12-7(4-11-6)10(15)16/h1-4H,(H,13,14)(H,15,16). The van der Waals surface area contributed by atoms with Crippen molar-refractivity contribution in [2.75, 3.05) is 0 Å². The normalized spacial score (nSPS) is 10.2. The molecule has 0 saturated carbocycles. The molecule has 0 atom stereocenters. The van der Waals surface area contributed by atoms with Gasteiger partial charge in [-0.25, -0.2) is 14.6 Å². The molecule has 80 valence electrons. The zero-order valence-electron chi connectivity index (χ0n) is 7.91. The van der Waals surface area contributed by atoms with E-state index in [1.807, 2.05) is 0 Å². The maximum absolute atomic E-state index is 10.9. The van der Waals surface area contributed by atoms with E-state index in [1.54, 1.807) is 6.07 Å². The summed E-state index contributed by atoms with van der Waals surface area (Å²) < 4.78 is 0. The van der Waals surface area contributed by atoms with Crippen molar-refractivity contribution in [3.05, 3.63) is 35.7 Å². The first kappa shape index (κ1) is 10.0. The van der Waals surface area contributed by atoms with Crippen LogP contribution in [-0.2, 0) is 0 Å². The third kappa shape index (κ3) is 1.56. The van der Waals surface area contributed by atoms with Crippen molar-refractivity contribution in [1.29, 1.82) is 0 Å². The second-order valence-electron chi connectivity index (χ2n) is 3.04. The van der Waals surface area contributed by atoms with E-state index < -0.39 is 11.9 Å². The second-order valence-corrected chi connectivity index (χ2v) is 3.04. The summed E-state index contributed by atoms with van der Waals surface area (Å²) in [7, 11) is 0. The molecule has 0 radical (unpaired) electrons. The number of hydrogen-bond donors (Lipinski definition) is 2. The van der Waals surface area contributed by atoms with E-state index in [1.165, 1.54) is 12.1 Å². The lowest BCUT2D eigenvalue weighted by Gasteiger charge is -2.01. The van der Waals surface area contributed by atoms with Crippen molar-refractivity contribution >= 4 is 23.0 Å². The molecular weight excluding hydrogens is 212 g/mol. The van der Waals surface area contributed by atoms with E-state index in [2.05, 4.69) is 9.97 Å². The Bertz CT molecular complexity index is 594. The number of hydrogen-bond acceptors (Lipinski definition) is 4. The average Bonchev–Trinajstić information content (AvgIpc) is 2.27. The van der Waals surface area contributed by atoms with Crippen LogP contribution in [0.4, 0.5) is 0 Å². The van der Waals surface area contributed by atoms with Gasteiger partial charge in [0.25, 0.3) is 0 Å². The van der Waals surface area contributed by atoms with E-state index in [0.29, 0.717) is 5.52 Å². The maximum Gasteiger partial charge on any atom is 0.356 e. The number of carboxylic acids is 2. The zero-order chi connectivity index (χ0) is 11.7. The summed E-state index contributed by atoms with van der Waals surface area (Å²) in [5.74, 6) is -2.41. The second kappa shape index (κ2) is 3.58. The van der Waals surface area contributed by atoms with Gasteiger partial charge in [0.2, 0.25) is 0 Å². The van der Waals surface area contributed by atoms with Gasteiger partial charge in [-0.3, -0.25) is 4.98 Å². The molecule has 0 aliphatic carbocycles. The fourth-order valence-electron chi connectivity index (χ4n) is 1.31. The topological polar surface area (TPSA) is 100 Å². The molecule has 0 unspecified atom stereocenters. The van der Waals surface area contributed by atoms with Crippen LogP contribution in [-0.4, -0.2) is 32.1 Å². The highest BCUT2D eigenvalue weighted by Crippen LogP contribution is 2.14. The summed E-state index contributed by atoms with van der Waals surface area (Å²) in [6.07, 6.45) is 1.09. The fourth-order valence-corrected chi connectivity index (χ4v) is 1.31. The van der Waals surface area contributed by atoms with Crippen LogP contribution in [0.2, 0.25) is 0 Å². The summed E-state index contributed by atoms with van der Waals surface area (Å²) in [5.41, 5.74) is 0.0918. The number of carboxylic acid groups (broad SMARTS) is 2. The molecule has 1 aromatic heterocycles. The summed E-state index contributed by atoms with van der Waals surface area (Å²) in [4.78, 5) is 29.1. The van der Waals surface area contributed by atoms with Crippen LogP contribution in [0, 0.1) is 0 Å². The monoisotopic (exact) mass is 218 g/mol. The molecule has 6 heteroatoms. The molecule has 16 heavy (non-hydrogen) atoms. The molecule has 0 amide bonds. The minimum atomic E-state index is -1.24. The lowest BCUT2D eigenvalue weighted by Crippen LogP contribution is -2.05. The highest BCUT2D eigenvalue weighted by molar-refractivity contribution is 6.01. The first-order valence-corrected chi connectivity index (χ1v) is 4.32. The van der Waals surface area contributed by atoms with Crippen LogP contribution in [0.25, 0.3) is 11.0 Å². The summed E-state index contributed by atoms with van der Waals surface area (Å²) in [5, 5.41) is 17.6. The van der Waals surface area contributed by atoms with Crippen molar-refractivity contribution < 1.29 is 19.8 Å². The quantitative estimate of drug-likeness (QED) is 0.780. The van der Waals surface area contributed by atoms with E-state index in [0.717, 1.165) is 6.20 Å². The Morgan fingerprint density at radius 1 is 1.12 bits per heavy atom. The van der Waals surface area contributed by atoms with Gasteiger partial charge in [0, 0.05) is 0 Å². The molecule has 0 bridgehead atoms. The summed E-state index contributed by atoms with van der Waals surface area (Å²) in [6, 6.07) is 4.45. The molecule has 1 heterocycles. The molecule has 0 aliphatic rings. The first-order valence-electron chi connectivity index (χ1n) is 4.32. The maximum atomic E-state index is 10.9. The lowest BCUT2D eigenvalue weighted by molar-refractivity contribution is 0.0680. The summed E-state index contributed by atoms with van der Waals surface area (Å²) >= 11 is 0. The highest BCUT2D eigenvalue weighted by Gasteiger charge is 2.13. The van der Waals surface area contributed by atoms with Crippen LogP contribution < -0.4 is 0 Å². The first-order chi connectivity index (χ1) is 7.59. The predicted molar refractivity (Wildman–Crippen MR) is 53.5 cm³/mol. The van der Waals surface area contributed by atoms with Crippen molar-refractivity contribution in [2.24, 2.45) is 0 Å². The summed E-state index contributed by atoms with van der Waals surface area (Å²) in [6.45, 7) is 0. The highest BCUT2D eigenvalue weighted by atomic mass is 16.4. The Labute approximate surface area is 89.2 Å². The van der Waals surface area contributed by atoms with Gasteiger partial charge < -0.3 is 10.2 Å². The number of aromatic carboxylic acids is 2. The van der Waals surface area contributed by atoms with E-state index in [9.17, 15) is 9.59 Å². The molecule has 1 aromatic carbocycles. The van der Waals surface area contributed by atoms with Gasteiger partial charge in [-0.1, -0.05) is 6.07 Å². The number of nitrogens with zero attached hydrogens (tertiary/aromatic N) is 2. The van der Waals surface area contributed by atoms with Gasteiger partial charge in [-0.2, -0.15) is 0 Å². The van der Waals surface area contributed by atoms with Crippen molar-refractivity contribution in [1.82, 2.24) is 9.97 Å². The molecule has 0 spiro atoms. The molecule has 0 aliphatic heterocycles. The number of carbonyl (C=O) groups is 2. The predicted octanol–water partition coefficient (Wildman–Crippen LogP) is 1.03. The van der Waals surface area contributed by atoms with Crippen LogP contribution in [0.3, 0.4) is 0 Å². The van der Waals surface area contributed by atoms with Crippen molar-refractivity contribution in [3.8, 4) is 0 Å². The Morgan fingerprint density at radius 3 is 2.50 bits per heavy atom. The van der Waals surface area contributed by atoms with E-state index in [-0.39, 0.29) is 16.8 Å². The van der Waals surface area contributed by atoms with Gasteiger partial charge >= 0.3 is 11.9 Å². The molecule has 6 nitrogen and oxygen atoms in total. The minimum Gasteiger partial charge on any atom is -0.478 e. The Balaban J connectivity index is 2.78. The SMILES string of the molecule is O=C(O)c1cnc2cccc(C(=O)O)c2n1. The lowest BCUT2D eigenvalue weighted by atomic mass is 10.2. The van der Waals surface area contributed by atoms with Crippen LogP contribution in [0.5, 0.6) is 0 Å². The van der Waals surface area contributed by atoms with Gasteiger partial charge in [-0.05, 0) is 12.1 Å². The largest absolute Gasteiger partial charge is 0.478 e. The third-order valence-electron chi connectivity index (χ3n) is 2.02. The molecule has 2 rings (SSSR count). The molecule has 2 aromatic rings. The van der Waals surface area contributed by atoms with E-state index >= 15 is 0 Å². The van der Waals surface area contributed by atoms with Crippen LogP contribution in [0.1, 0.15) is 20.8 Å². The Morgan fingerprint density at radius 2 is 1.88 bits per heavy atom. The zero-order valence-corrected chi connectivity index (χ0v) is 7.91.